The van der Waals surface area contributed by atoms with Crippen molar-refractivity contribution in [2.75, 3.05) is 11.8 Å². The van der Waals surface area contributed by atoms with Gasteiger partial charge in [-0.1, -0.05) is 23.7 Å². The van der Waals surface area contributed by atoms with Gasteiger partial charge in [-0.25, -0.2) is 18.2 Å². The Hall–Kier alpha value is -2.12. The van der Waals surface area contributed by atoms with E-state index >= 15 is 0 Å². The highest BCUT2D eigenvalue weighted by molar-refractivity contribution is 7.92. The number of halogens is 1. The molecule has 0 spiro atoms. The van der Waals surface area contributed by atoms with Gasteiger partial charge in [-0.05, 0) is 24.3 Å². The lowest BCUT2D eigenvalue weighted by Crippen LogP contribution is -2.18. The molecule has 1 N–H and O–H groups in total. The van der Waals surface area contributed by atoms with Gasteiger partial charge in [0.2, 0.25) is 0 Å². The molecular formula is C13H11ClN2O4S. The summed E-state index contributed by atoms with van der Waals surface area (Å²) in [5.74, 6) is -0.640. The number of rotatable bonds is 4. The molecule has 6 nitrogen and oxygen atoms in total. The van der Waals surface area contributed by atoms with Crippen LogP contribution in [0.1, 0.15) is 10.4 Å². The van der Waals surface area contributed by atoms with Crippen LogP contribution in [0.15, 0.2) is 47.5 Å². The molecule has 2 aromatic rings. The van der Waals surface area contributed by atoms with Crippen LogP contribution in [0.5, 0.6) is 0 Å². The maximum Gasteiger partial charge on any atom is 0.339 e. The van der Waals surface area contributed by atoms with E-state index in [9.17, 15) is 13.2 Å². The first-order valence-electron chi connectivity index (χ1n) is 5.76. The van der Waals surface area contributed by atoms with Crippen LogP contribution in [0.4, 0.5) is 5.82 Å². The van der Waals surface area contributed by atoms with Crippen molar-refractivity contribution in [3.8, 4) is 0 Å². The molecule has 0 fully saturated rings. The van der Waals surface area contributed by atoms with E-state index in [0.29, 0.717) is 5.02 Å². The molecule has 1 aromatic heterocycles. The number of pyridine rings is 1. The highest BCUT2D eigenvalue weighted by Gasteiger charge is 2.22. The summed E-state index contributed by atoms with van der Waals surface area (Å²) in [5.41, 5.74) is -0.0542. The van der Waals surface area contributed by atoms with Crippen molar-refractivity contribution in [1.29, 1.82) is 0 Å². The van der Waals surface area contributed by atoms with Crippen LogP contribution in [-0.4, -0.2) is 26.5 Å². The predicted octanol–water partition coefficient (Wildman–Crippen LogP) is 2.32. The van der Waals surface area contributed by atoms with Gasteiger partial charge in [0.1, 0.15) is 10.7 Å². The summed E-state index contributed by atoms with van der Waals surface area (Å²) in [5, 5.41) is 0.382. The van der Waals surface area contributed by atoms with Crippen molar-refractivity contribution >= 4 is 33.4 Å². The number of hydrogen-bond donors (Lipinski definition) is 1. The normalized spacial score (nSPS) is 11.0. The van der Waals surface area contributed by atoms with Crippen LogP contribution in [0.2, 0.25) is 5.02 Å². The fourth-order valence-corrected chi connectivity index (χ4v) is 2.92. The maximum atomic E-state index is 12.3. The second-order valence-corrected chi connectivity index (χ2v) is 6.04. The Balaban J connectivity index is 2.40. The molecule has 0 aliphatic carbocycles. The molecule has 1 aromatic carbocycles. The minimum Gasteiger partial charge on any atom is -0.465 e. The molecule has 1 heterocycles. The fraction of sp³-hybridized carbons (Fsp3) is 0.0769. The molecule has 0 saturated carbocycles. The summed E-state index contributed by atoms with van der Waals surface area (Å²) in [6.07, 6.45) is 1.31. The van der Waals surface area contributed by atoms with E-state index in [1.54, 1.807) is 6.07 Å². The van der Waals surface area contributed by atoms with Crippen molar-refractivity contribution in [1.82, 2.24) is 4.98 Å². The first-order chi connectivity index (χ1) is 9.94. The Morgan fingerprint density at radius 3 is 2.57 bits per heavy atom. The first-order valence-corrected chi connectivity index (χ1v) is 7.62. The number of hydrogen-bond acceptors (Lipinski definition) is 5. The molecule has 0 amide bonds. The summed E-state index contributed by atoms with van der Waals surface area (Å²) < 4.78 is 31.5. The highest BCUT2D eigenvalue weighted by Crippen LogP contribution is 2.20. The number of nitrogens with zero attached hydrogens (tertiary/aromatic N) is 1. The molecule has 0 atom stereocenters. The van der Waals surface area contributed by atoms with Crippen LogP contribution in [0, 0.1) is 0 Å². The van der Waals surface area contributed by atoms with Crippen LogP contribution >= 0.6 is 11.6 Å². The third kappa shape index (κ3) is 3.50. The van der Waals surface area contributed by atoms with Crippen LogP contribution in [0.3, 0.4) is 0 Å². The number of esters is 1. The Morgan fingerprint density at radius 1 is 1.24 bits per heavy atom. The number of methoxy groups -OCH3 is 1. The number of nitrogens with one attached hydrogen (secondary N) is 1. The number of carbonyl (C=O) groups is 1. The molecule has 110 valence electrons. The zero-order chi connectivity index (χ0) is 15.5. The van der Waals surface area contributed by atoms with Crippen LogP contribution < -0.4 is 4.72 Å². The first kappa shape index (κ1) is 15.3. The van der Waals surface area contributed by atoms with E-state index in [-0.39, 0.29) is 16.3 Å². The molecular weight excluding hydrogens is 316 g/mol. The molecule has 0 aliphatic rings. The predicted molar refractivity (Wildman–Crippen MR) is 77.8 cm³/mol. The lowest BCUT2D eigenvalue weighted by molar-refractivity contribution is 0.0596. The third-order valence-corrected chi connectivity index (χ3v) is 4.18. The number of benzene rings is 1. The standard InChI is InChI=1S/C13H11ClN2O4S/c1-20-13(17)10-4-2-3-5-11(10)21(18,19)16-12-7-6-9(14)8-15-12/h2-8H,1H3,(H,15,16). The molecule has 2 rings (SSSR count). The quantitative estimate of drug-likeness (QED) is 0.871. The molecule has 21 heavy (non-hydrogen) atoms. The van der Waals surface area contributed by atoms with Crippen molar-refractivity contribution < 1.29 is 17.9 Å². The van der Waals surface area contributed by atoms with Gasteiger partial charge in [0.25, 0.3) is 10.0 Å². The monoisotopic (exact) mass is 326 g/mol. The van der Waals surface area contributed by atoms with E-state index < -0.39 is 16.0 Å². The van der Waals surface area contributed by atoms with Crippen LogP contribution in [0.25, 0.3) is 0 Å². The van der Waals surface area contributed by atoms with Gasteiger partial charge in [-0.15, -0.1) is 0 Å². The van der Waals surface area contributed by atoms with Gasteiger partial charge in [-0.2, -0.15) is 0 Å². The fourth-order valence-electron chi connectivity index (χ4n) is 1.61. The summed E-state index contributed by atoms with van der Waals surface area (Å²) in [4.78, 5) is 15.3. The molecule has 0 unspecified atom stereocenters. The molecule has 8 heteroatoms. The summed E-state index contributed by atoms with van der Waals surface area (Å²) in [6, 6.07) is 8.65. The minimum absolute atomic E-state index is 0.0542. The van der Waals surface area contributed by atoms with Gasteiger partial charge in [0, 0.05) is 6.20 Å². The van der Waals surface area contributed by atoms with E-state index in [1.807, 2.05) is 0 Å². The number of carbonyl (C=O) groups excluding carboxylic acids is 1. The number of ether oxygens (including phenoxy) is 1. The SMILES string of the molecule is COC(=O)c1ccccc1S(=O)(=O)Nc1ccc(Cl)cn1. The summed E-state index contributed by atoms with van der Waals surface area (Å²) >= 11 is 5.68. The Bertz CT molecular complexity index is 760. The van der Waals surface area contributed by atoms with E-state index in [0.717, 1.165) is 0 Å². The molecule has 0 bridgehead atoms. The summed E-state index contributed by atoms with van der Waals surface area (Å²) in [7, 11) is -2.79. The van der Waals surface area contributed by atoms with E-state index in [2.05, 4.69) is 14.4 Å². The van der Waals surface area contributed by atoms with Crippen molar-refractivity contribution in [2.24, 2.45) is 0 Å². The second-order valence-electron chi connectivity index (χ2n) is 3.95. The second kappa shape index (κ2) is 6.11. The lowest BCUT2D eigenvalue weighted by atomic mass is 10.2. The highest BCUT2D eigenvalue weighted by atomic mass is 35.5. The lowest BCUT2D eigenvalue weighted by Gasteiger charge is -2.10. The van der Waals surface area contributed by atoms with Crippen LogP contribution in [-0.2, 0) is 14.8 Å². The molecule has 0 aliphatic heterocycles. The number of anilines is 1. The van der Waals surface area contributed by atoms with Crippen molar-refractivity contribution in [2.45, 2.75) is 4.90 Å². The van der Waals surface area contributed by atoms with E-state index in [1.165, 1.54) is 43.6 Å². The number of aromatic nitrogens is 1. The average molecular weight is 327 g/mol. The van der Waals surface area contributed by atoms with E-state index in [4.69, 9.17) is 11.6 Å². The smallest absolute Gasteiger partial charge is 0.339 e. The average Bonchev–Trinajstić information content (AvgIpc) is 2.48. The maximum absolute atomic E-state index is 12.3. The Labute approximate surface area is 126 Å². The van der Waals surface area contributed by atoms with Gasteiger partial charge in [0.15, 0.2) is 0 Å². The van der Waals surface area contributed by atoms with Gasteiger partial charge in [0.05, 0.1) is 17.7 Å². The zero-order valence-electron chi connectivity index (χ0n) is 10.9. The minimum atomic E-state index is -3.97. The largest absolute Gasteiger partial charge is 0.465 e. The zero-order valence-corrected chi connectivity index (χ0v) is 12.5. The number of sulfonamides is 1. The van der Waals surface area contributed by atoms with Crippen molar-refractivity contribution in [3.05, 3.63) is 53.2 Å². The Morgan fingerprint density at radius 2 is 1.95 bits per heavy atom. The van der Waals surface area contributed by atoms with Crippen molar-refractivity contribution in [3.63, 3.8) is 0 Å². The topological polar surface area (TPSA) is 85.4 Å². The summed E-state index contributed by atoms with van der Waals surface area (Å²) in [6.45, 7) is 0. The molecule has 0 radical (unpaired) electrons. The van der Waals surface area contributed by atoms with Gasteiger partial charge in [-0.3, -0.25) is 4.72 Å². The van der Waals surface area contributed by atoms with Gasteiger partial charge >= 0.3 is 5.97 Å². The Kier molecular flexibility index (Phi) is 4.44. The third-order valence-electron chi connectivity index (χ3n) is 2.55. The molecule has 0 saturated heterocycles. The van der Waals surface area contributed by atoms with Gasteiger partial charge < -0.3 is 4.74 Å².